The Morgan fingerprint density at radius 3 is 2.43 bits per heavy atom. The zero-order valence-electron chi connectivity index (χ0n) is 12.3. The lowest BCUT2D eigenvalue weighted by Crippen LogP contribution is -2.15. The predicted octanol–water partition coefficient (Wildman–Crippen LogP) is 5.53. The zero-order chi connectivity index (χ0) is 15.0. The van der Waals surface area contributed by atoms with Crippen molar-refractivity contribution in [3.63, 3.8) is 0 Å². The van der Waals surface area contributed by atoms with Gasteiger partial charge in [0.05, 0.1) is 0 Å². The third kappa shape index (κ3) is 3.42. The van der Waals surface area contributed by atoms with Crippen molar-refractivity contribution < 1.29 is 0 Å². The molecule has 1 N–H and O–H groups in total. The van der Waals surface area contributed by atoms with Crippen LogP contribution >= 0.6 is 23.2 Å². The minimum Gasteiger partial charge on any atom is -0.310 e. The van der Waals surface area contributed by atoms with E-state index in [0.717, 1.165) is 33.3 Å². The van der Waals surface area contributed by atoms with E-state index in [1.165, 1.54) is 24.0 Å². The fourth-order valence-corrected chi connectivity index (χ4v) is 2.96. The first-order chi connectivity index (χ1) is 10.0. The monoisotopic (exact) mass is 319 g/mol. The maximum atomic E-state index is 6.44. The van der Waals surface area contributed by atoms with Gasteiger partial charge >= 0.3 is 0 Å². The molecule has 1 aliphatic rings. The van der Waals surface area contributed by atoms with Crippen molar-refractivity contribution in [2.24, 2.45) is 0 Å². The SMILES string of the molecule is Cc1cc(-c2ccc(CNC3CC3)c(Cl)c2)c(C)cc1Cl. The van der Waals surface area contributed by atoms with E-state index in [2.05, 4.69) is 36.5 Å². The summed E-state index contributed by atoms with van der Waals surface area (Å²) in [4.78, 5) is 0. The molecule has 0 bridgehead atoms. The third-order valence-corrected chi connectivity index (χ3v) is 4.79. The fraction of sp³-hybridized carbons (Fsp3) is 0.333. The molecule has 0 atom stereocenters. The molecule has 3 heteroatoms. The second-order valence-corrected chi connectivity index (χ2v) is 6.69. The first kappa shape index (κ1) is 14.9. The van der Waals surface area contributed by atoms with Crippen molar-refractivity contribution in [3.8, 4) is 11.1 Å². The average molecular weight is 320 g/mol. The van der Waals surface area contributed by atoms with E-state index in [1.54, 1.807) is 0 Å². The first-order valence-electron chi connectivity index (χ1n) is 7.33. The molecule has 0 heterocycles. The number of hydrogen-bond donors (Lipinski definition) is 1. The second kappa shape index (κ2) is 6.00. The Labute approximate surface area is 136 Å². The number of aryl methyl sites for hydroxylation is 2. The van der Waals surface area contributed by atoms with Crippen molar-refractivity contribution in [3.05, 3.63) is 57.1 Å². The topological polar surface area (TPSA) is 12.0 Å². The van der Waals surface area contributed by atoms with E-state index < -0.39 is 0 Å². The highest BCUT2D eigenvalue weighted by Gasteiger charge is 2.20. The molecule has 3 rings (SSSR count). The summed E-state index contributed by atoms with van der Waals surface area (Å²) >= 11 is 12.6. The number of nitrogens with one attached hydrogen (secondary N) is 1. The fourth-order valence-electron chi connectivity index (χ4n) is 2.49. The van der Waals surface area contributed by atoms with Crippen LogP contribution in [0.4, 0.5) is 0 Å². The minimum atomic E-state index is 0.696. The first-order valence-corrected chi connectivity index (χ1v) is 8.09. The maximum absolute atomic E-state index is 6.44. The standard InChI is InChI=1S/C18H19Cl2N/c1-11-8-17(19)12(2)7-16(11)13-3-4-14(18(20)9-13)10-21-15-5-6-15/h3-4,7-9,15,21H,5-6,10H2,1-2H3. The Morgan fingerprint density at radius 2 is 1.76 bits per heavy atom. The Bertz CT molecular complexity index is 675. The molecule has 1 fully saturated rings. The summed E-state index contributed by atoms with van der Waals surface area (Å²) < 4.78 is 0. The second-order valence-electron chi connectivity index (χ2n) is 5.88. The van der Waals surface area contributed by atoms with Gasteiger partial charge in [0.1, 0.15) is 0 Å². The summed E-state index contributed by atoms with van der Waals surface area (Å²) in [6.07, 6.45) is 2.58. The molecule has 0 amide bonds. The van der Waals surface area contributed by atoms with E-state index in [4.69, 9.17) is 23.2 Å². The van der Waals surface area contributed by atoms with E-state index >= 15 is 0 Å². The molecule has 0 saturated heterocycles. The van der Waals surface area contributed by atoms with Crippen molar-refractivity contribution in [1.82, 2.24) is 5.32 Å². The van der Waals surface area contributed by atoms with Gasteiger partial charge in [-0.2, -0.15) is 0 Å². The Kier molecular flexibility index (Phi) is 4.26. The minimum absolute atomic E-state index is 0.696. The van der Waals surface area contributed by atoms with Crippen LogP contribution in [0.2, 0.25) is 10.0 Å². The zero-order valence-corrected chi connectivity index (χ0v) is 13.9. The lowest BCUT2D eigenvalue weighted by Gasteiger charge is -2.12. The van der Waals surface area contributed by atoms with E-state index in [0.29, 0.717) is 6.04 Å². The lowest BCUT2D eigenvalue weighted by atomic mass is 9.97. The van der Waals surface area contributed by atoms with Gasteiger partial charge in [-0.15, -0.1) is 0 Å². The van der Waals surface area contributed by atoms with Crippen LogP contribution in [0.25, 0.3) is 11.1 Å². The Balaban J connectivity index is 1.88. The summed E-state index contributed by atoms with van der Waals surface area (Å²) in [5, 5.41) is 5.14. The van der Waals surface area contributed by atoms with Gasteiger partial charge in [0.25, 0.3) is 0 Å². The van der Waals surface area contributed by atoms with Crippen LogP contribution in [-0.2, 0) is 6.54 Å². The molecule has 1 nitrogen and oxygen atoms in total. The van der Waals surface area contributed by atoms with Crippen molar-refractivity contribution in [2.45, 2.75) is 39.3 Å². The van der Waals surface area contributed by atoms with Gasteiger partial charge in [-0.1, -0.05) is 35.3 Å². The largest absolute Gasteiger partial charge is 0.310 e. The molecule has 2 aromatic rings. The number of benzene rings is 2. The maximum Gasteiger partial charge on any atom is 0.0457 e. The van der Waals surface area contributed by atoms with Crippen LogP contribution in [0.15, 0.2) is 30.3 Å². The molecule has 0 unspecified atom stereocenters. The van der Waals surface area contributed by atoms with Gasteiger partial charge in [-0.25, -0.2) is 0 Å². The molecule has 0 aliphatic heterocycles. The van der Waals surface area contributed by atoms with Crippen LogP contribution < -0.4 is 5.32 Å². The van der Waals surface area contributed by atoms with E-state index in [9.17, 15) is 0 Å². The molecule has 1 saturated carbocycles. The van der Waals surface area contributed by atoms with Crippen molar-refractivity contribution in [2.75, 3.05) is 0 Å². The van der Waals surface area contributed by atoms with Gasteiger partial charge in [-0.05, 0) is 72.7 Å². The Morgan fingerprint density at radius 1 is 1.00 bits per heavy atom. The van der Waals surface area contributed by atoms with Gasteiger partial charge in [0.2, 0.25) is 0 Å². The number of hydrogen-bond acceptors (Lipinski definition) is 1. The van der Waals surface area contributed by atoms with Crippen LogP contribution in [0.3, 0.4) is 0 Å². The molecule has 21 heavy (non-hydrogen) atoms. The molecule has 2 aromatic carbocycles. The normalized spacial score (nSPS) is 14.5. The van der Waals surface area contributed by atoms with Crippen LogP contribution in [-0.4, -0.2) is 6.04 Å². The third-order valence-electron chi connectivity index (χ3n) is 4.03. The highest BCUT2D eigenvalue weighted by Crippen LogP contribution is 2.31. The van der Waals surface area contributed by atoms with Crippen molar-refractivity contribution in [1.29, 1.82) is 0 Å². The smallest absolute Gasteiger partial charge is 0.0457 e. The summed E-state index contributed by atoms with van der Waals surface area (Å²) in [7, 11) is 0. The van der Waals surface area contributed by atoms with Crippen LogP contribution in [0.5, 0.6) is 0 Å². The van der Waals surface area contributed by atoms with E-state index in [1.807, 2.05) is 13.0 Å². The quantitative estimate of drug-likeness (QED) is 0.781. The van der Waals surface area contributed by atoms with E-state index in [-0.39, 0.29) is 0 Å². The molecular weight excluding hydrogens is 301 g/mol. The molecule has 110 valence electrons. The molecular formula is C18H19Cl2N. The van der Waals surface area contributed by atoms with Gasteiger partial charge in [0.15, 0.2) is 0 Å². The number of rotatable bonds is 4. The lowest BCUT2D eigenvalue weighted by molar-refractivity contribution is 0.688. The average Bonchev–Trinajstić information content (AvgIpc) is 3.25. The summed E-state index contributed by atoms with van der Waals surface area (Å²) in [6, 6.07) is 11.2. The molecule has 0 radical (unpaired) electrons. The summed E-state index contributed by atoms with van der Waals surface area (Å²) in [6.45, 7) is 4.96. The summed E-state index contributed by atoms with van der Waals surface area (Å²) in [5.74, 6) is 0. The molecule has 1 aliphatic carbocycles. The highest BCUT2D eigenvalue weighted by molar-refractivity contribution is 6.32. The van der Waals surface area contributed by atoms with Gasteiger partial charge in [0, 0.05) is 22.6 Å². The molecule has 0 aromatic heterocycles. The van der Waals surface area contributed by atoms with Gasteiger partial charge in [-0.3, -0.25) is 0 Å². The van der Waals surface area contributed by atoms with Crippen LogP contribution in [0.1, 0.15) is 29.5 Å². The summed E-state index contributed by atoms with van der Waals surface area (Å²) in [5.41, 5.74) is 5.77. The Hall–Kier alpha value is -1.02. The van der Waals surface area contributed by atoms with Crippen LogP contribution in [0, 0.1) is 13.8 Å². The molecule has 0 spiro atoms. The van der Waals surface area contributed by atoms with Crippen molar-refractivity contribution >= 4 is 23.2 Å². The van der Waals surface area contributed by atoms with Gasteiger partial charge < -0.3 is 5.32 Å². The number of halogens is 2. The predicted molar refractivity (Wildman–Crippen MR) is 91.2 cm³/mol. The highest BCUT2D eigenvalue weighted by atomic mass is 35.5.